The second-order valence-electron chi connectivity index (χ2n) is 2.37. The Morgan fingerprint density at radius 3 is 2.73 bits per heavy atom. The summed E-state index contributed by atoms with van der Waals surface area (Å²) in [6.07, 6.45) is 3.21. The van der Waals surface area contributed by atoms with Crippen LogP contribution in [-0.2, 0) is 0 Å². The maximum absolute atomic E-state index is 8.66. The number of aryl methyl sites for hydroxylation is 1. The molecule has 0 bridgehead atoms. The van der Waals surface area contributed by atoms with Crippen molar-refractivity contribution in [3.8, 4) is 0 Å². The van der Waals surface area contributed by atoms with Gasteiger partial charge in [0.1, 0.15) is 0 Å². The minimum atomic E-state index is -0.414. The molecule has 0 amide bonds. The van der Waals surface area contributed by atoms with E-state index in [1.165, 1.54) is 0 Å². The third-order valence-electron chi connectivity index (χ3n) is 1.38. The number of aliphatic hydroxyl groups is 1. The molecular formula is C7H11N3O. The molecule has 0 unspecified atom stereocenters. The van der Waals surface area contributed by atoms with E-state index in [1.54, 1.807) is 12.4 Å². The molecule has 1 atom stereocenters. The number of nitrogens with two attached hydrogens (primary N) is 1. The van der Waals surface area contributed by atoms with Crippen LogP contribution in [0.5, 0.6) is 0 Å². The zero-order valence-corrected chi connectivity index (χ0v) is 6.36. The number of nitrogens with zero attached hydrogens (tertiary/aromatic N) is 2. The van der Waals surface area contributed by atoms with Gasteiger partial charge >= 0.3 is 0 Å². The lowest BCUT2D eigenvalue weighted by molar-refractivity contribution is 0.265. The molecule has 60 valence electrons. The highest BCUT2D eigenvalue weighted by Crippen LogP contribution is 2.03. The number of aliphatic hydroxyl groups excluding tert-OH is 1. The molecule has 0 aliphatic carbocycles. The summed E-state index contributed by atoms with van der Waals surface area (Å²) < 4.78 is 0. The standard InChI is InChI=1S/C7H11N3O/c1-5-2-10-7(3-9-5)6(8)4-11/h2-3,6,11H,4,8H2,1H3/t6-/m1/s1. The number of aromatic nitrogens is 2. The van der Waals surface area contributed by atoms with Crippen LogP contribution in [0.25, 0.3) is 0 Å². The Morgan fingerprint density at radius 2 is 2.27 bits per heavy atom. The van der Waals surface area contributed by atoms with Gasteiger partial charge in [0.2, 0.25) is 0 Å². The Morgan fingerprint density at radius 1 is 1.55 bits per heavy atom. The van der Waals surface area contributed by atoms with Crippen molar-refractivity contribution in [2.45, 2.75) is 13.0 Å². The molecule has 4 heteroatoms. The fourth-order valence-electron chi connectivity index (χ4n) is 0.688. The lowest BCUT2D eigenvalue weighted by atomic mass is 10.2. The van der Waals surface area contributed by atoms with Gasteiger partial charge in [0.25, 0.3) is 0 Å². The Hall–Kier alpha value is -1.00. The van der Waals surface area contributed by atoms with E-state index in [-0.39, 0.29) is 6.61 Å². The topological polar surface area (TPSA) is 72.0 Å². The summed E-state index contributed by atoms with van der Waals surface area (Å²) in [5.74, 6) is 0. The monoisotopic (exact) mass is 153 g/mol. The van der Waals surface area contributed by atoms with Crippen molar-refractivity contribution in [1.82, 2.24) is 9.97 Å². The van der Waals surface area contributed by atoms with Crippen molar-refractivity contribution >= 4 is 0 Å². The number of hydrogen-bond donors (Lipinski definition) is 2. The van der Waals surface area contributed by atoms with Crippen molar-refractivity contribution in [2.75, 3.05) is 6.61 Å². The molecule has 1 aromatic heterocycles. The van der Waals surface area contributed by atoms with Gasteiger partial charge in [-0.15, -0.1) is 0 Å². The summed E-state index contributed by atoms with van der Waals surface area (Å²) in [5.41, 5.74) is 6.96. The van der Waals surface area contributed by atoms with E-state index in [2.05, 4.69) is 9.97 Å². The van der Waals surface area contributed by atoms with Crippen molar-refractivity contribution in [2.24, 2.45) is 5.73 Å². The van der Waals surface area contributed by atoms with Gasteiger partial charge in [-0.3, -0.25) is 9.97 Å². The molecule has 0 spiro atoms. The SMILES string of the molecule is Cc1cnc([C@H](N)CO)cn1. The maximum Gasteiger partial charge on any atom is 0.0777 e. The van der Waals surface area contributed by atoms with E-state index in [4.69, 9.17) is 10.8 Å². The Bertz CT molecular complexity index is 222. The van der Waals surface area contributed by atoms with Crippen LogP contribution in [0.2, 0.25) is 0 Å². The Balaban J connectivity index is 2.81. The van der Waals surface area contributed by atoms with Crippen LogP contribution in [-0.4, -0.2) is 21.7 Å². The fraction of sp³-hybridized carbons (Fsp3) is 0.429. The van der Waals surface area contributed by atoms with E-state index in [9.17, 15) is 0 Å². The largest absolute Gasteiger partial charge is 0.394 e. The minimum absolute atomic E-state index is 0.0995. The number of rotatable bonds is 2. The van der Waals surface area contributed by atoms with Gasteiger partial charge in [0.15, 0.2) is 0 Å². The van der Waals surface area contributed by atoms with Gasteiger partial charge in [-0.1, -0.05) is 0 Å². The molecule has 4 nitrogen and oxygen atoms in total. The average molecular weight is 153 g/mol. The van der Waals surface area contributed by atoms with E-state index in [0.29, 0.717) is 5.69 Å². The third kappa shape index (κ3) is 1.96. The van der Waals surface area contributed by atoms with E-state index >= 15 is 0 Å². The van der Waals surface area contributed by atoms with Crippen LogP contribution in [0.1, 0.15) is 17.4 Å². The van der Waals surface area contributed by atoms with Crippen LogP contribution >= 0.6 is 0 Å². The van der Waals surface area contributed by atoms with E-state index in [0.717, 1.165) is 5.69 Å². The summed E-state index contributed by atoms with van der Waals surface area (Å²) in [5, 5.41) is 8.66. The normalized spacial score (nSPS) is 13.0. The molecule has 0 saturated heterocycles. The summed E-state index contributed by atoms with van der Waals surface area (Å²) in [7, 11) is 0. The van der Waals surface area contributed by atoms with Crippen LogP contribution < -0.4 is 5.73 Å². The first-order valence-electron chi connectivity index (χ1n) is 3.39. The predicted octanol–water partition coefficient (Wildman–Crippen LogP) is -0.223. The first-order valence-corrected chi connectivity index (χ1v) is 3.39. The van der Waals surface area contributed by atoms with Crippen molar-refractivity contribution in [3.63, 3.8) is 0 Å². The van der Waals surface area contributed by atoms with E-state index in [1.807, 2.05) is 6.92 Å². The van der Waals surface area contributed by atoms with Gasteiger partial charge in [0, 0.05) is 6.20 Å². The molecular weight excluding hydrogens is 142 g/mol. The molecule has 1 aromatic rings. The Kier molecular flexibility index (Phi) is 2.51. The molecule has 0 aliphatic heterocycles. The van der Waals surface area contributed by atoms with Crippen molar-refractivity contribution < 1.29 is 5.11 Å². The minimum Gasteiger partial charge on any atom is -0.394 e. The summed E-state index contributed by atoms with van der Waals surface area (Å²) in [6, 6.07) is -0.414. The zero-order chi connectivity index (χ0) is 8.27. The quantitative estimate of drug-likeness (QED) is 0.616. The summed E-state index contributed by atoms with van der Waals surface area (Å²) in [6.45, 7) is 1.75. The highest BCUT2D eigenvalue weighted by molar-refractivity contribution is 5.04. The highest BCUT2D eigenvalue weighted by atomic mass is 16.3. The molecule has 1 rings (SSSR count). The third-order valence-corrected chi connectivity index (χ3v) is 1.38. The Labute approximate surface area is 65.1 Å². The molecule has 0 saturated carbocycles. The molecule has 0 fully saturated rings. The smallest absolute Gasteiger partial charge is 0.0777 e. The highest BCUT2D eigenvalue weighted by Gasteiger charge is 2.04. The summed E-state index contributed by atoms with van der Waals surface area (Å²) in [4.78, 5) is 8.00. The van der Waals surface area contributed by atoms with Gasteiger partial charge in [-0.25, -0.2) is 0 Å². The molecule has 1 heterocycles. The van der Waals surface area contributed by atoms with Gasteiger partial charge < -0.3 is 10.8 Å². The van der Waals surface area contributed by atoms with Crippen molar-refractivity contribution in [3.05, 3.63) is 23.8 Å². The second kappa shape index (κ2) is 3.41. The van der Waals surface area contributed by atoms with Crippen LogP contribution in [0, 0.1) is 6.92 Å². The average Bonchev–Trinajstić information content (AvgIpc) is 2.05. The van der Waals surface area contributed by atoms with Crippen LogP contribution in [0.3, 0.4) is 0 Å². The maximum atomic E-state index is 8.66. The molecule has 0 aromatic carbocycles. The fourth-order valence-corrected chi connectivity index (χ4v) is 0.688. The van der Waals surface area contributed by atoms with Gasteiger partial charge in [-0.2, -0.15) is 0 Å². The van der Waals surface area contributed by atoms with E-state index < -0.39 is 6.04 Å². The van der Waals surface area contributed by atoms with Gasteiger partial charge in [-0.05, 0) is 6.92 Å². The second-order valence-corrected chi connectivity index (χ2v) is 2.37. The summed E-state index contributed by atoms with van der Waals surface area (Å²) >= 11 is 0. The van der Waals surface area contributed by atoms with Crippen LogP contribution in [0.15, 0.2) is 12.4 Å². The lowest BCUT2D eigenvalue weighted by Gasteiger charge is -2.05. The van der Waals surface area contributed by atoms with Crippen LogP contribution in [0.4, 0.5) is 0 Å². The molecule has 0 aliphatic rings. The first-order chi connectivity index (χ1) is 5.24. The number of hydrogen-bond acceptors (Lipinski definition) is 4. The molecule has 11 heavy (non-hydrogen) atoms. The van der Waals surface area contributed by atoms with Crippen molar-refractivity contribution in [1.29, 1.82) is 0 Å². The zero-order valence-electron chi connectivity index (χ0n) is 6.36. The first kappa shape index (κ1) is 8.10. The van der Waals surface area contributed by atoms with Gasteiger partial charge in [0.05, 0.1) is 30.2 Å². The molecule has 0 radical (unpaired) electrons. The lowest BCUT2D eigenvalue weighted by Crippen LogP contribution is -2.16. The predicted molar refractivity (Wildman–Crippen MR) is 40.8 cm³/mol. The molecule has 3 N–H and O–H groups in total.